The van der Waals surface area contributed by atoms with Crippen molar-refractivity contribution in [2.45, 2.75) is 13.3 Å². The summed E-state index contributed by atoms with van der Waals surface area (Å²) in [6.45, 7) is 1.98. The van der Waals surface area contributed by atoms with Gasteiger partial charge in [0.15, 0.2) is 0 Å². The Bertz CT molecular complexity index is 804. The van der Waals surface area contributed by atoms with E-state index < -0.39 is 5.97 Å². The van der Waals surface area contributed by atoms with E-state index >= 15 is 0 Å². The van der Waals surface area contributed by atoms with Gasteiger partial charge in [0.25, 0.3) is 0 Å². The zero-order valence-corrected chi connectivity index (χ0v) is 12.3. The molecule has 0 aliphatic carbocycles. The first-order chi connectivity index (χ1) is 9.58. The van der Waals surface area contributed by atoms with E-state index in [1.807, 2.05) is 31.2 Å². The van der Waals surface area contributed by atoms with Crippen molar-refractivity contribution in [1.82, 2.24) is 15.2 Å². The zero-order valence-electron chi connectivity index (χ0n) is 10.7. The van der Waals surface area contributed by atoms with Crippen LogP contribution in [0.25, 0.3) is 22.2 Å². The molecule has 0 spiro atoms. The number of para-hydroxylation sites is 1. The Hall–Kier alpha value is -2.08. The van der Waals surface area contributed by atoms with Crippen LogP contribution in [0.4, 0.5) is 0 Å². The van der Waals surface area contributed by atoms with Crippen LogP contribution in [0.5, 0.6) is 0 Å². The molecule has 0 radical (unpaired) electrons. The van der Waals surface area contributed by atoms with Crippen LogP contribution < -0.4 is 0 Å². The second-order valence-electron chi connectivity index (χ2n) is 4.61. The van der Waals surface area contributed by atoms with Crippen molar-refractivity contribution in [3.05, 3.63) is 40.1 Å². The number of nitrogens with zero attached hydrogens (tertiary/aromatic N) is 1. The number of carboxylic acid groups (broad SMARTS) is 1. The zero-order chi connectivity index (χ0) is 14.3. The molecule has 0 unspecified atom stereocenters. The molecule has 6 heteroatoms. The minimum absolute atomic E-state index is 0.0883. The van der Waals surface area contributed by atoms with E-state index in [1.165, 1.54) is 0 Å². The highest BCUT2D eigenvalue weighted by molar-refractivity contribution is 9.10. The van der Waals surface area contributed by atoms with Crippen LogP contribution in [0.1, 0.15) is 11.4 Å². The van der Waals surface area contributed by atoms with Crippen molar-refractivity contribution in [3.63, 3.8) is 0 Å². The van der Waals surface area contributed by atoms with E-state index in [0.29, 0.717) is 10.2 Å². The third-order valence-corrected chi connectivity index (χ3v) is 4.09. The summed E-state index contributed by atoms with van der Waals surface area (Å²) in [5.41, 5.74) is 4.32. The number of halogens is 1. The van der Waals surface area contributed by atoms with Crippen molar-refractivity contribution < 1.29 is 9.90 Å². The molecular weight excluding hydrogens is 322 g/mol. The fourth-order valence-corrected chi connectivity index (χ4v) is 2.90. The summed E-state index contributed by atoms with van der Waals surface area (Å²) in [4.78, 5) is 14.1. The molecule has 5 nitrogen and oxygen atoms in total. The third kappa shape index (κ3) is 2.02. The fraction of sp³-hybridized carbons (Fsp3) is 0.143. The normalized spacial score (nSPS) is 11.1. The SMILES string of the molecule is Cc1[nH]c2ccccc2c1-c1n[nH]c(CC(=O)O)c1Br. The molecule has 0 aliphatic rings. The molecule has 2 aromatic heterocycles. The van der Waals surface area contributed by atoms with Gasteiger partial charge in [0.2, 0.25) is 0 Å². The van der Waals surface area contributed by atoms with Crippen molar-refractivity contribution in [2.75, 3.05) is 0 Å². The maximum Gasteiger partial charge on any atom is 0.309 e. The van der Waals surface area contributed by atoms with Crippen LogP contribution in [0.15, 0.2) is 28.7 Å². The third-order valence-electron chi connectivity index (χ3n) is 3.23. The number of rotatable bonds is 3. The standard InChI is InChI=1S/C14H12BrN3O2/c1-7-12(8-4-2-3-5-9(8)16-7)14-13(15)10(17-18-14)6-11(19)20/h2-5,16H,6H2,1H3,(H,17,18)(H,19,20). The number of hydrogen-bond donors (Lipinski definition) is 3. The monoisotopic (exact) mass is 333 g/mol. The number of nitrogens with one attached hydrogen (secondary N) is 2. The molecule has 0 bridgehead atoms. The van der Waals surface area contributed by atoms with Gasteiger partial charge in [-0.15, -0.1) is 0 Å². The van der Waals surface area contributed by atoms with Gasteiger partial charge in [0, 0.05) is 22.2 Å². The molecule has 0 amide bonds. The number of carboxylic acids is 1. The van der Waals surface area contributed by atoms with E-state index in [-0.39, 0.29) is 6.42 Å². The van der Waals surface area contributed by atoms with Gasteiger partial charge in [-0.2, -0.15) is 5.10 Å². The maximum absolute atomic E-state index is 10.8. The Kier molecular flexibility index (Phi) is 3.10. The number of aryl methyl sites for hydroxylation is 1. The van der Waals surface area contributed by atoms with Gasteiger partial charge in [-0.1, -0.05) is 18.2 Å². The summed E-state index contributed by atoms with van der Waals surface area (Å²) in [7, 11) is 0. The highest BCUT2D eigenvalue weighted by atomic mass is 79.9. The van der Waals surface area contributed by atoms with Crippen molar-refractivity contribution >= 4 is 32.8 Å². The first-order valence-corrected chi connectivity index (χ1v) is 6.89. The van der Waals surface area contributed by atoms with Gasteiger partial charge < -0.3 is 10.1 Å². The smallest absolute Gasteiger partial charge is 0.309 e. The molecule has 2 heterocycles. The molecule has 20 heavy (non-hydrogen) atoms. The number of carbonyl (C=O) groups is 1. The minimum atomic E-state index is -0.892. The number of aromatic amines is 2. The van der Waals surface area contributed by atoms with Crippen LogP contribution in [-0.2, 0) is 11.2 Å². The molecule has 3 aromatic rings. The average Bonchev–Trinajstić information content (AvgIpc) is 2.90. The molecule has 102 valence electrons. The number of aliphatic carboxylic acids is 1. The van der Waals surface area contributed by atoms with E-state index in [2.05, 4.69) is 31.1 Å². The number of fused-ring (bicyclic) bond motifs is 1. The number of H-pyrrole nitrogens is 2. The number of hydrogen-bond acceptors (Lipinski definition) is 2. The highest BCUT2D eigenvalue weighted by Crippen LogP contribution is 2.36. The highest BCUT2D eigenvalue weighted by Gasteiger charge is 2.19. The lowest BCUT2D eigenvalue weighted by atomic mass is 10.1. The molecule has 0 aliphatic heterocycles. The second kappa shape index (κ2) is 4.79. The largest absolute Gasteiger partial charge is 0.481 e. The van der Waals surface area contributed by atoms with Crippen LogP contribution >= 0.6 is 15.9 Å². The first kappa shape index (κ1) is 12.9. The van der Waals surface area contributed by atoms with Crippen molar-refractivity contribution in [3.8, 4) is 11.3 Å². The predicted molar refractivity (Wildman–Crippen MR) is 79.7 cm³/mol. The maximum atomic E-state index is 10.8. The summed E-state index contributed by atoms with van der Waals surface area (Å²) in [5, 5.41) is 17.0. The number of benzene rings is 1. The van der Waals surface area contributed by atoms with Crippen LogP contribution in [-0.4, -0.2) is 26.3 Å². The lowest BCUT2D eigenvalue weighted by Gasteiger charge is -1.98. The number of aromatic nitrogens is 3. The minimum Gasteiger partial charge on any atom is -0.481 e. The summed E-state index contributed by atoms with van der Waals surface area (Å²) in [6, 6.07) is 7.96. The van der Waals surface area contributed by atoms with Crippen LogP contribution in [0, 0.1) is 6.92 Å². The van der Waals surface area contributed by atoms with Crippen molar-refractivity contribution in [2.24, 2.45) is 0 Å². The van der Waals surface area contributed by atoms with Gasteiger partial charge in [-0.05, 0) is 28.9 Å². The Morgan fingerprint density at radius 2 is 2.15 bits per heavy atom. The van der Waals surface area contributed by atoms with E-state index in [9.17, 15) is 4.79 Å². The Morgan fingerprint density at radius 1 is 1.40 bits per heavy atom. The molecule has 0 atom stereocenters. The molecule has 0 saturated carbocycles. The Labute approximate surface area is 123 Å². The summed E-state index contributed by atoms with van der Waals surface area (Å²) >= 11 is 3.45. The fourth-order valence-electron chi connectivity index (χ4n) is 2.38. The summed E-state index contributed by atoms with van der Waals surface area (Å²) in [6.07, 6.45) is -0.0883. The van der Waals surface area contributed by atoms with E-state index in [0.717, 1.165) is 27.9 Å². The lowest BCUT2D eigenvalue weighted by molar-refractivity contribution is -0.136. The Morgan fingerprint density at radius 3 is 2.90 bits per heavy atom. The van der Waals surface area contributed by atoms with Gasteiger partial charge in [-0.3, -0.25) is 9.89 Å². The molecule has 0 fully saturated rings. The lowest BCUT2D eigenvalue weighted by Crippen LogP contribution is -2.00. The molecule has 3 rings (SSSR count). The molecule has 3 N–H and O–H groups in total. The quantitative estimate of drug-likeness (QED) is 0.688. The first-order valence-electron chi connectivity index (χ1n) is 6.10. The average molecular weight is 334 g/mol. The summed E-state index contributed by atoms with van der Waals surface area (Å²) in [5.74, 6) is -0.892. The predicted octanol–water partition coefficient (Wildman–Crippen LogP) is 3.26. The van der Waals surface area contributed by atoms with E-state index in [4.69, 9.17) is 5.11 Å². The van der Waals surface area contributed by atoms with Crippen LogP contribution in [0.3, 0.4) is 0 Å². The van der Waals surface area contributed by atoms with Gasteiger partial charge in [0.05, 0.1) is 16.6 Å². The molecule has 1 aromatic carbocycles. The van der Waals surface area contributed by atoms with Crippen molar-refractivity contribution in [1.29, 1.82) is 0 Å². The molecule has 0 saturated heterocycles. The van der Waals surface area contributed by atoms with Gasteiger partial charge >= 0.3 is 5.97 Å². The topological polar surface area (TPSA) is 81.8 Å². The summed E-state index contributed by atoms with van der Waals surface area (Å²) < 4.78 is 0.702. The Balaban J connectivity index is 2.19. The van der Waals surface area contributed by atoms with Gasteiger partial charge in [-0.25, -0.2) is 0 Å². The second-order valence-corrected chi connectivity index (χ2v) is 5.40. The van der Waals surface area contributed by atoms with E-state index in [1.54, 1.807) is 0 Å². The van der Waals surface area contributed by atoms with Gasteiger partial charge in [0.1, 0.15) is 5.69 Å². The van der Waals surface area contributed by atoms with Crippen LogP contribution in [0.2, 0.25) is 0 Å². The molecular formula is C14H12BrN3O2.